The Kier molecular flexibility index (Phi) is 8.36. The molecule has 0 aliphatic heterocycles. The van der Waals surface area contributed by atoms with E-state index in [1.165, 1.54) is 0 Å². The number of amides is 1. The van der Waals surface area contributed by atoms with Crippen LogP contribution in [0.15, 0.2) is 102 Å². The second-order valence-electron chi connectivity index (χ2n) is 10.7. The molecule has 0 aliphatic carbocycles. The van der Waals surface area contributed by atoms with Crippen LogP contribution in [0, 0.1) is 0 Å². The minimum atomic E-state index is -0.129. The fourth-order valence-corrected chi connectivity index (χ4v) is 5.52. The maximum absolute atomic E-state index is 13.6. The molecular formula is C35H33N7O2. The average molecular weight is 584 g/mol. The first kappa shape index (κ1) is 28.7. The molecule has 44 heavy (non-hydrogen) atoms. The molecule has 0 spiro atoms. The van der Waals surface area contributed by atoms with Gasteiger partial charge in [0.1, 0.15) is 11.3 Å². The van der Waals surface area contributed by atoms with E-state index in [-0.39, 0.29) is 11.3 Å². The molecule has 0 radical (unpaired) electrons. The van der Waals surface area contributed by atoms with Crippen LogP contribution < -0.4 is 10.3 Å². The highest BCUT2D eigenvalue weighted by atomic mass is 16.2. The van der Waals surface area contributed by atoms with Crippen molar-refractivity contribution in [2.24, 2.45) is 0 Å². The lowest BCUT2D eigenvalue weighted by Gasteiger charge is -2.22. The number of aromatic nitrogens is 6. The number of hydrogen-bond acceptors (Lipinski definition) is 6. The average Bonchev–Trinajstić information content (AvgIpc) is 3.68. The molecule has 0 atom stereocenters. The molecule has 9 heteroatoms. The van der Waals surface area contributed by atoms with Crippen LogP contribution in [0.4, 0.5) is 5.69 Å². The Hall–Kier alpha value is -5.44. The van der Waals surface area contributed by atoms with E-state index in [9.17, 15) is 9.59 Å². The molecule has 1 N–H and O–H groups in total. The highest BCUT2D eigenvalue weighted by Crippen LogP contribution is 2.30. The maximum atomic E-state index is 13.6. The van der Waals surface area contributed by atoms with Crippen molar-refractivity contribution >= 4 is 22.6 Å². The summed E-state index contributed by atoms with van der Waals surface area (Å²) in [5.41, 5.74) is 6.63. The molecule has 0 bridgehead atoms. The van der Waals surface area contributed by atoms with Gasteiger partial charge in [-0.1, -0.05) is 92.7 Å². The van der Waals surface area contributed by atoms with Gasteiger partial charge in [0.2, 0.25) is 17.2 Å². The molecule has 0 aliphatic rings. The summed E-state index contributed by atoms with van der Waals surface area (Å²) in [5.74, 6) is 1.37. The van der Waals surface area contributed by atoms with Crippen molar-refractivity contribution in [2.45, 2.75) is 46.2 Å². The monoisotopic (exact) mass is 583 g/mol. The second kappa shape index (κ2) is 12.8. The van der Waals surface area contributed by atoms with Crippen LogP contribution in [0.3, 0.4) is 0 Å². The van der Waals surface area contributed by atoms with Gasteiger partial charge in [0.15, 0.2) is 0 Å². The Morgan fingerprint density at radius 1 is 0.864 bits per heavy atom. The van der Waals surface area contributed by atoms with Crippen LogP contribution in [0.2, 0.25) is 0 Å². The quantitative estimate of drug-likeness (QED) is 0.206. The lowest BCUT2D eigenvalue weighted by molar-refractivity contribution is -0.118. The summed E-state index contributed by atoms with van der Waals surface area (Å²) in [6.07, 6.45) is 1.96. The van der Waals surface area contributed by atoms with Crippen molar-refractivity contribution in [3.63, 3.8) is 0 Å². The van der Waals surface area contributed by atoms with Gasteiger partial charge in [-0.2, -0.15) is 5.21 Å². The Balaban J connectivity index is 1.37. The summed E-state index contributed by atoms with van der Waals surface area (Å²) in [7, 11) is 0. The number of aromatic amines is 1. The number of H-pyrrole nitrogens is 1. The number of benzene rings is 3. The maximum Gasteiger partial charge on any atom is 0.227 e. The van der Waals surface area contributed by atoms with Gasteiger partial charge in [-0.15, -0.1) is 10.2 Å². The van der Waals surface area contributed by atoms with Crippen LogP contribution in [0.5, 0.6) is 0 Å². The first-order chi connectivity index (χ1) is 21.6. The van der Waals surface area contributed by atoms with Crippen molar-refractivity contribution in [1.29, 1.82) is 0 Å². The summed E-state index contributed by atoms with van der Waals surface area (Å²) >= 11 is 0. The molecule has 0 saturated heterocycles. The van der Waals surface area contributed by atoms with Gasteiger partial charge >= 0.3 is 0 Å². The Bertz CT molecular complexity index is 1950. The van der Waals surface area contributed by atoms with Gasteiger partial charge in [0.25, 0.3) is 0 Å². The van der Waals surface area contributed by atoms with Crippen molar-refractivity contribution in [3.8, 4) is 22.5 Å². The number of tetrazole rings is 1. The number of hydrogen-bond donors (Lipinski definition) is 1. The van der Waals surface area contributed by atoms with E-state index in [4.69, 9.17) is 4.98 Å². The van der Waals surface area contributed by atoms with Crippen LogP contribution in [-0.2, 0) is 24.3 Å². The van der Waals surface area contributed by atoms with Gasteiger partial charge in [0, 0.05) is 30.6 Å². The predicted molar refractivity (Wildman–Crippen MR) is 172 cm³/mol. The van der Waals surface area contributed by atoms with Crippen molar-refractivity contribution in [3.05, 3.63) is 124 Å². The zero-order chi connectivity index (χ0) is 30.5. The second-order valence-corrected chi connectivity index (χ2v) is 10.7. The molecule has 0 fully saturated rings. The molecule has 9 nitrogen and oxygen atoms in total. The standard InChI is InChI=1S/C35H33N7O2/c1-3-10-32-36-30-21-27(41(33(44)4-2)22-24-11-6-5-7-12-24)19-20-31(43)34(30)42(32)23-25-15-17-26(18-16-25)28-13-8-9-14-29(28)35-37-39-40-38-35/h5-9,11-21H,3-4,10,22-23H2,1-2H3,(H,37,38,39,40). The van der Waals surface area contributed by atoms with Gasteiger partial charge < -0.3 is 9.47 Å². The molecule has 6 rings (SSSR count). The van der Waals surface area contributed by atoms with Crippen LogP contribution >= 0.6 is 0 Å². The largest absolute Gasteiger partial charge is 0.320 e. The first-order valence-electron chi connectivity index (χ1n) is 14.9. The molecule has 4 aromatic carbocycles. The van der Waals surface area contributed by atoms with E-state index in [2.05, 4.69) is 51.8 Å². The van der Waals surface area contributed by atoms with E-state index in [0.29, 0.717) is 42.1 Å². The number of nitrogens with zero attached hydrogens (tertiary/aromatic N) is 6. The molecule has 2 heterocycles. The highest BCUT2D eigenvalue weighted by molar-refractivity contribution is 5.94. The number of fused-ring (bicyclic) bond motifs is 1. The third-order valence-corrected chi connectivity index (χ3v) is 7.69. The molecular weight excluding hydrogens is 550 g/mol. The fraction of sp³-hybridized carbons (Fsp3) is 0.200. The lowest BCUT2D eigenvalue weighted by atomic mass is 9.98. The van der Waals surface area contributed by atoms with E-state index in [1.54, 1.807) is 17.0 Å². The SMILES string of the molecule is CCCc1nc2cc(N(Cc3ccccc3)C(=O)CC)ccc(=O)c2n1Cc1ccc(-c2ccccc2-c2nn[nH]n2)cc1. The van der Waals surface area contributed by atoms with Gasteiger partial charge in [-0.25, -0.2) is 4.98 Å². The summed E-state index contributed by atoms with van der Waals surface area (Å²) < 4.78 is 2.02. The van der Waals surface area contributed by atoms with E-state index in [0.717, 1.165) is 46.5 Å². The minimum Gasteiger partial charge on any atom is -0.320 e. The predicted octanol–water partition coefficient (Wildman–Crippen LogP) is 6.19. The number of anilines is 1. The van der Waals surface area contributed by atoms with E-state index >= 15 is 0 Å². The number of carbonyl (C=O) groups is 1. The number of aryl methyl sites for hydroxylation is 1. The zero-order valence-electron chi connectivity index (χ0n) is 24.8. The van der Waals surface area contributed by atoms with Crippen LogP contribution in [0.25, 0.3) is 33.5 Å². The summed E-state index contributed by atoms with van der Waals surface area (Å²) in [6.45, 7) is 4.86. The Labute approximate surface area is 255 Å². The number of nitrogens with one attached hydrogen (secondary N) is 1. The molecule has 0 unspecified atom stereocenters. The number of carbonyl (C=O) groups excluding carboxylic acids is 1. The highest BCUT2D eigenvalue weighted by Gasteiger charge is 2.19. The number of rotatable bonds is 10. The van der Waals surface area contributed by atoms with Gasteiger partial charge in [-0.05, 0) is 52.1 Å². The summed E-state index contributed by atoms with van der Waals surface area (Å²) in [6, 6.07) is 31.3. The van der Waals surface area contributed by atoms with E-state index in [1.807, 2.05) is 72.2 Å². The molecule has 0 saturated carbocycles. The van der Waals surface area contributed by atoms with Crippen molar-refractivity contribution < 1.29 is 4.79 Å². The molecule has 220 valence electrons. The van der Waals surface area contributed by atoms with Crippen molar-refractivity contribution in [2.75, 3.05) is 4.90 Å². The van der Waals surface area contributed by atoms with Crippen LogP contribution in [0.1, 0.15) is 43.6 Å². The Morgan fingerprint density at radius 3 is 2.32 bits per heavy atom. The lowest BCUT2D eigenvalue weighted by Crippen LogP contribution is -2.29. The third-order valence-electron chi connectivity index (χ3n) is 7.69. The Morgan fingerprint density at radius 2 is 1.61 bits per heavy atom. The normalized spacial score (nSPS) is 11.1. The first-order valence-corrected chi connectivity index (χ1v) is 14.9. The zero-order valence-corrected chi connectivity index (χ0v) is 24.8. The minimum absolute atomic E-state index is 0.0186. The molecule has 6 aromatic rings. The summed E-state index contributed by atoms with van der Waals surface area (Å²) in [5, 5.41) is 14.5. The van der Waals surface area contributed by atoms with Gasteiger partial charge in [-0.3, -0.25) is 9.59 Å². The summed E-state index contributed by atoms with van der Waals surface area (Å²) in [4.78, 5) is 33.3. The van der Waals surface area contributed by atoms with Crippen LogP contribution in [-0.4, -0.2) is 36.1 Å². The molecule has 1 amide bonds. The topological polar surface area (TPSA) is 110 Å². The smallest absolute Gasteiger partial charge is 0.227 e. The number of imidazole rings is 1. The molecule has 2 aromatic heterocycles. The van der Waals surface area contributed by atoms with Gasteiger partial charge in [0.05, 0.1) is 12.1 Å². The fourth-order valence-electron chi connectivity index (χ4n) is 5.52. The van der Waals surface area contributed by atoms with Crippen molar-refractivity contribution in [1.82, 2.24) is 30.2 Å². The third kappa shape index (κ3) is 5.89. The van der Waals surface area contributed by atoms with E-state index < -0.39 is 0 Å².